The van der Waals surface area contributed by atoms with Crippen LogP contribution in [0.1, 0.15) is 39.5 Å². The van der Waals surface area contributed by atoms with Crippen LogP contribution < -0.4 is 0 Å². The topological polar surface area (TPSA) is 110 Å². The molecule has 4 saturated heterocycles. The fourth-order valence-corrected chi connectivity index (χ4v) is 5.61. The second kappa shape index (κ2) is 8.55. The van der Waals surface area contributed by atoms with E-state index in [4.69, 9.17) is 28.4 Å². The number of carbonyl (C=O) groups is 3. The van der Waals surface area contributed by atoms with Crippen molar-refractivity contribution < 1.29 is 42.8 Å². The highest BCUT2D eigenvalue weighted by Gasteiger charge is 2.72. The summed E-state index contributed by atoms with van der Waals surface area (Å²) in [5.74, 6) is -4.29. The Labute approximate surface area is 186 Å². The van der Waals surface area contributed by atoms with Gasteiger partial charge in [0.2, 0.25) is 5.79 Å². The summed E-state index contributed by atoms with van der Waals surface area (Å²) >= 11 is 0. The number of ether oxygens (including phenoxy) is 6. The first-order valence-electron chi connectivity index (χ1n) is 11.6. The number of morpholine rings is 1. The average Bonchev–Trinajstić information content (AvgIpc) is 3.47. The SMILES string of the molecule is CC(C)(OC(=O)C1C2OC3C(OC(=O)C31)C2OC(=O)CN1CCOCC1)OC1CCCC1. The Morgan fingerprint density at radius 2 is 1.81 bits per heavy atom. The van der Waals surface area contributed by atoms with E-state index >= 15 is 0 Å². The molecule has 0 aromatic heterocycles. The first kappa shape index (κ1) is 22.1. The van der Waals surface area contributed by atoms with Gasteiger partial charge in [-0.25, -0.2) is 0 Å². The molecule has 6 unspecified atom stereocenters. The Kier molecular flexibility index (Phi) is 5.90. The zero-order valence-electron chi connectivity index (χ0n) is 18.5. The number of esters is 3. The molecule has 4 heterocycles. The van der Waals surface area contributed by atoms with Crippen molar-refractivity contribution in [3.8, 4) is 0 Å². The third-order valence-corrected chi connectivity index (χ3v) is 7.00. The molecular weight excluding hydrogens is 422 g/mol. The van der Waals surface area contributed by atoms with Crippen LogP contribution in [0.15, 0.2) is 0 Å². The van der Waals surface area contributed by atoms with E-state index in [9.17, 15) is 14.4 Å². The van der Waals surface area contributed by atoms with Crippen molar-refractivity contribution >= 4 is 17.9 Å². The van der Waals surface area contributed by atoms with E-state index in [2.05, 4.69) is 0 Å². The Balaban J connectivity index is 1.24. The van der Waals surface area contributed by atoms with Crippen LogP contribution in [0.2, 0.25) is 0 Å². The third-order valence-electron chi connectivity index (χ3n) is 7.00. The van der Waals surface area contributed by atoms with Crippen molar-refractivity contribution in [1.29, 1.82) is 0 Å². The maximum Gasteiger partial charge on any atom is 0.320 e. The molecule has 0 amide bonds. The quantitative estimate of drug-likeness (QED) is 0.305. The minimum atomic E-state index is -1.13. The molecule has 2 bridgehead atoms. The predicted molar refractivity (Wildman–Crippen MR) is 106 cm³/mol. The van der Waals surface area contributed by atoms with E-state index in [0.717, 1.165) is 25.7 Å². The molecule has 5 fully saturated rings. The van der Waals surface area contributed by atoms with Crippen LogP contribution in [0.4, 0.5) is 0 Å². The fourth-order valence-electron chi connectivity index (χ4n) is 5.61. The van der Waals surface area contributed by atoms with Crippen LogP contribution in [0.5, 0.6) is 0 Å². The Morgan fingerprint density at radius 1 is 1.09 bits per heavy atom. The lowest BCUT2D eigenvalue weighted by molar-refractivity contribution is -0.237. The summed E-state index contributed by atoms with van der Waals surface area (Å²) in [7, 11) is 0. The van der Waals surface area contributed by atoms with Gasteiger partial charge in [-0.3, -0.25) is 19.3 Å². The highest BCUT2D eigenvalue weighted by molar-refractivity contribution is 5.87. The van der Waals surface area contributed by atoms with Crippen LogP contribution in [0, 0.1) is 11.8 Å². The number of fused-ring (bicyclic) bond motifs is 1. The number of hydrogen-bond acceptors (Lipinski definition) is 10. The van der Waals surface area contributed by atoms with Gasteiger partial charge in [0.25, 0.3) is 0 Å². The largest absolute Gasteiger partial charge is 0.455 e. The van der Waals surface area contributed by atoms with Gasteiger partial charge < -0.3 is 28.4 Å². The van der Waals surface area contributed by atoms with Crippen molar-refractivity contribution in [3.05, 3.63) is 0 Å². The van der Waals surface area contributed by atoms with E-state index in [1.54, 1.807) is 13.8 Å². The summed E-state index contributed by atoms with van der Waals surface area (Å²) in [5.41, 5.74) is 0. The van der Waals surface area contributed by atoms with Gasteiger partial charge in [0, 0.05) is 26.9 Å². The molecule has 1 aliphatic carbocycles. The molecule has 4 aliphatic heterocycles. The standard InChI is InChI=1S/C22H31NO9/c1-22(2,31-12-5-3-4-6-12)32-21(26)15-14-16-19(30-20(14)25)18(17(15)29-16)28-13(24)11-23-7-9-27-10-8-23/h12,14-19H,3-11H2,1-2H3. The van der Waals surface area contributed by atoms with Crippen molar-refractivity contribution in [1.82, 2.24) is 4.90 Å². The number of carbonyl (C=O) groups excluding carboxylic acids is 3. The van der Waals surface area contributed by atoms with Crippen LogP contribution in [0.3, 0.4) is 0 Å². The summed E-state index contributed by atoms with van der Waals surface area (Å²) in [6.07, 6.45) is 1.25. The summed E-state index contributed by atoms with van der Waals surface area (Å²) in [4.78, 5) is 40.2. The van der Waals surface area contributed by atoms with Gasteiger partial charge in [-0.05, 0) is 12.8 Å². The van der Waals surface area contributed by atoms with Crippen LogP contribution >= 0.6 is 0 Å². The van der Waals surface area contributed by atoms with Crippen LogP contribution in [-0.4, -0.2) is 92.0 Å². The average molecular weight is 453 g/mol. The molecule has 10 nitrogen and oxygen atoms in total. The fraction of sp³-hybridized carbons (Fsp3) is 0.864. The van der Waals surface area contributed by atoms with Gasteiger partial charge in [0.1, 0.15) is 24.0 Å². The van der Waals surface area contributed by atoms with E-state index in [0.29, 0.717) is 26.3 Å². The molecule has 0 radical (unpaired) electrons. The van der Waals surface area contributed by atoms with Crippen molar-refractivity contribution in [2.45, 2.75) is 75.8 Å². The monoisotopic (exact) mass is 453 g/mol. The Bertz CT molecular complexity index is 759. The first-order valence-corrected chi connectivity index (χ1v) is 11.6. The maximum atomic E-state index is 13.2. The molecule has 178 valence electrons. The van der Waals surface area contributed by atoms with E-state index in [1.165, 1.54) is 0 Å². The molecule has 32 heavy (non-hydrogen) atoms. The van der Waals surface area contributed by atoms with Gasteiger partial charge >= 0.3 is 17.9 Å². The molecule has 0 spiro atoms. The zero-order valence-corrected chi connectivity index (χ0v) is 18.5. The first-order chi connectivity index (χ1) is 15.3. The van der Waals surface area contributed by atoms with Crippen LogP contribution in [-0.2, 0) is 42.8 Å². The molecule has 0 aromatic carbocycles. The minimum Gasteiger partial charge on any atom is -0.455 e. The number of hydrogen-bond donors (Lipinski definition) is 0. The number of rotatable bonds is 7. The van der Waals surface area contributed by atoms with Gasteiger partial charge in [-0.2, -0.15) is 0 Å². The molecule has 5 rings (SSSR count). The van der Waals surface area contributed by atoms with Crippen molar-refractivity contribution in [3.63, 3.8) is 0 Å². The molecular formula is C22H31NO9. The molecule has 5 aliphatic rings. The molecule has 0 N–H and O–H groups in total. The van der Waals surface area contributed by atoms with E-state index in [1.807, 2.05) is 4.90 Å². The van der Waals surface area contributed by atoms with Crippen LogP contribution in [0.25, 0.3) is 0 Å². The lowest BCUT2D eigenvalue weighted by Gasteiger charge is -2.33. The molecule has 10 heteroatoms. The summed E-state index contributed by atoms with van der Waals surface area (Å²) in [6, 6.07) is 0. The van der Waals surface area contributed by atoms with Crippen molar-refractivity contribution in [2.75, 3.05) is 32.8 Å². The lowest BCUT2D eigenvalue weighted by Crippen LogP contribution is -2.50. The van der Waals surface area contributed by atoms with Gasteiger partial charge in [0.05, 0.1) is 25.9 Å². The second-order valence-electron chi connectivity index (χ2n) is 9.71. The smallest absolute Gasteiger partial charge is 0.320 e. The normalized spacial score (nSPS) is 37.0. The molecule has 6 atom stereocenters. The highest BCUT2D eigenvalue weighted by Crippen LogP contribution is 2.51. The zero-order chi connectivity index (χ0) is 22.5. The summed E-state index contributed by atoms with van der Waals surface area (Å²) < 4.78 is 34.0. The van der Waals surface area contributed by atoms with Gasteiger partial charge in [0.15, 0.2) is 12.2 Å². The van der Waals surface area contributed by atoms with E-state index < -0.39 is 59.9 Å². The maximum absolute atomic E-state index is 13.2. The summed E-state index contributed by atoms with van der Waals surface area (Å²) in [6.45, 7) is 5.94. The van der Waals surface area contributed by atoms with Crippen molar-refractivity contribution in [2.24, 2.45) is 11.8 Å². The highest BCUT2D eigenvalue weighted by atomic mass is 16.7. The number of nitrogens with zero attached hydrogens (tertiary/aromatic N) is 1. The Morgan fingerprint density at radius 3 is 2.53 bits per heavy atom. The molecule has 1 saturated carbocycles. The molecule has 0 aromatic rings. The lowest BCUT2D eigenvalue weighted by atomic mass is 9.78. The summed E-state index contributed by atoms with van der Waals surface area (Å²) in [5, 5.41) is 0. The minimum absolute atomic E-state index is 0.0591. The Hall–Kier alpha value is -1.75. The third kappa shape index (κ3) is 4.13. The van der Waals surface area contributed by atoms with E-state index in [-0.39, 0.29) is 12.6 Å². The van der Waals surface area contributed by atoms with Gasteiger partial charge in [-0.1, -0.05) is 12.8 Å². The van der Waals surface area contributed by atoms with Gasteiger partial charge in [-0.15, -0.1) is 0 Å². The predicted octanol–water partition coefficient (Wildman–Crippen LogP) is 0.408. The second-order valence-corrected chi connectivity index (χ2v) is 9.71.